The fourth-order valence-corrected chi connectivity index (χ4v) is 4.32. The maximum Gasteiger partial charge on any atom is 0.425 e. The van der Waals surface area contributed by atoms with Crippen molar-refractivity contribution in [1.29, 1.82) is 0 Å². The number of hydrogen-bond acceptors (Lipinski definition) is 3. The van der Waals surface area contributed by atoms with E-state index in [1.54, 1.807) is 6.07 Å². The van der Waals surface area contributed by atoms with E-state index in [0.29, 0.717) is 24.7 Å². The Bertz CT molecular complexity index is 465. The van der Waals surface area contributed by atoms with Gasteiger partial charge in [0.15, 0.2) is 0 Å². The van der Waals surface area contributed by atoms with Crippen LogP contribution in [-0.2, 0) is 12.7 Å². The largest absolute Gasteiger partial charge is 0.425 e. The molecule has 21 heavy (non-hydrogen) atoms. The molecule has 0 radical (unpaired) electrons. The summed E-state index contributed by atoms with van der Waals surface area (Å²) in [5.74, 6) is 0. The molecule has 2 fully saturated rings. The molecule has 2 aliphatic rings. The average molecular weight is 341 g/mol. The number of piperidine rings is 1. The standard InChI is InChI=1S/C14H19F3N2S.ClH/c1-19(11-6-9-2-3-10(7-11)18-9)8-12-4-5-13(20-12)14(15,16)17;/h4-5,9-11,18H,2-3,6-8H2,1H3;1H. The summed E-state index contributed by atoms with van der Waals surface area (Å²) in [6.07, 6.45) is 0.503. The highest BCUT2D eigenvalue weighted by molar-refractivity contribution is 7.12. The molecule has 3 rings (SSSR count). The second-order valence-electron chi connectivity index (χ2n) is 5.94. The number of alkyl halides is 3. The van der Waals surface area contributed by atoms with Crippen molar-refractivity contribution < 1.29 is 13.2 Å². The molecule has 2 atom stereocenters. The van der Waals surface area contributed by atoms with E-state index in [2.05, 4.69) is 10.2 Å². The van der Waals surface area contributed by atoms with E-state index in [9.17, 15) is 13.2 Å². The van der Waals surface area contributed by atoms with Gasteiger partial charge in [0.05, 0.1) is 0 Å². The summed E-state index contributed by atoms with van der Waals surface area (Å²) in [6.45, 7) is 0.616. The molecule has 7 heteroatoms. The second kappa shape index (κ2) is 6.44. The van der Waals surface area contributed by atoms with Crippen LogP contribution in [-0.4, -0.2) is 30.1 Å². The van der Waals surface area contributed by atoms with Gasteiger partial charge in [-0.1, -0.05) is 0 Å². The van der Waals surface area contributed by atoms with Crippen LogP contribution in [0.2, 0.25) is 0 Å². The third-order valence-electron chi connectivity index (χ3n) is 4.42. The first-order valence-corrected chi connectivity index (χ1v) is 7.85. The Morgan fingerprint density at radius 3 is 2.38 bits per heavy atom. The molecule has 0 spiro atoms. The minimum Gasteiger partial charge on any atom is -0.311 e. The number of fused-ring (bicyclic) bond motifs is 2. The Morgan fingerprint density at radius 1 is 1.24 bits per heavy atom. The topological polar surface area (TPSA) is 15.3 Å². The quantitative estimate of drug-likeness (QED) is 0.897. The Morgan fingerprint density at radius 2 is 1.86 bits per heavy atom. The van der Waals surface area contributed by atoms with Gasteiger partial charge in [-0.3, -0.25) is 4.90 Å². The molecule has 0 aromatic carbocycles. The first-order valence-electron chi connectivity index (χ1n) is 7.04. The van der Waals surface area contributed by atoms with Crippen LogP contribution in [0.15, 0.2) is 12.1 Å². The second-order valence-corrected chi connectivity index (χ2v) is 7.11. The molecular weight excluding hydrogens is 321 g/mol. The van der Waals surface area contributed by atoms with Gasteiger partial charge in [-0.15, -0.1) is 23.7 Å². The molecular formula is C14H20ClF3N2S. The van der Waals surface area contributed by atoms with Crippen LogP contribution < -0.4 is 5.32 Å². The zero-order valence-electron chi connectivity index (χ0n) is 11.8. The van der Waals surface area contributed by atoms with Gasteiger partial charge in [0.1, 0.15) is 4.88 Å². The van der Waals surface area contributed by atoms with Crippen LogP contribution in [0.4, 0.5) is 13.2 Å². The summed E-state index contributed by atoms with van der Waals surface area (Å²) in [5.41, 5.74) is 0. The van der Waals surface area contributed by atoms with Gasteiger partial charge in [0.25, 0.3) is 0 Å². The van der Waals surface area contributed by atoms with E-state index < -0.39 is 11.1 Å². The molecule has 0 amide bonds. The number of nitrogens with one attached hydrogen (secondary N) is 1. The van der Waals surface area contributed by atoms with E-state index in [0.717, 1.165) is 29.1 Å². The van der Waals surface area contributed by atoms with Crippen molar-refractivity contribution in [2.45, 2.75) is 56.5 Å². The Balaban J connectivity index is 0.00000161. The van der Waals surface area contributed by atoms with E-state index in [4.69, 9.17) is 0 Å². The van der Waals surface area contributed by atoms with Crippen LogP contribution in [0.3, 0.4) is 0 Å². The number of hydrogen-bond donors (Lipinski definition) is 1. The summed E-state index contributed by atoms with van der Waals surface area (Å²) in [5, 5.41) is 3.59. The van der Waals surface area contributed by atoms with Crippen molar-refractivity contribution >= 4 is 23.7 Å². The van der Waals surface area contributed by atoms with Crippen LogP contribution in [0.25, 0.3) is 0 Å². The monoisotopic (exact) mass is 340 g/mol. The Hall–Kier alpha value is -0.300. The van der Waals surface area contributed by atoms with E-state index >= 15 is 0 Å². The van der Waals surface area contributed by atoms with Gasteiger partial charge in [-0.05, 0) is 44.9 Å². The van der Waals surface area contributed by atoms with Crippen LogP contribution in [0, 0.1) is 0 Å². The maximum absolute atomic E-state index is 12.6. The highest BCUT2D eigenvalue weighted by Crippen LogP contribution is 2.36. The first kappa shape index (κ1) is 17.1. The van der Waals surface area contributed by atoms with Gasteiger partial charge in [-0.2, -0.15) is 13.2 Å². The third kappa shape index (κ3) is 3.92. The van der Waals surface area contributed by atoms with E-state index in [-0.39, 0.29) is 12.4 Å². The molecule has 1 N–H and O–H groups in total. The Kier molecular flexibility index (Phi) is 5.23. The third-order valence-corrected chi connectivity index (χ3v) is 5.53. The molecule has 3 heterocycles. The van der Waals surface area contributed by atoms with Crippen molar-refractivity contribution in [2.24, 2.45) is 0 Å². The van der Waals surface area contributed by atoms with Crippen LogP contribution in [0.5, 0.6) is 0 Å². The molecule has 2 unspecified atom stereocenters. The van der Waals surface area contributed by atoms with Gasteiger partial charge < -0.3 is 5.32 Å². The maximum atomic E-state index is 12.6. The minimum absolute atomic E-state index is 0. The molecule has 1 aromatic rings. The normalized spacial score (nSPS) is 28.7. The number of rotatable bonds is 3. The fraction of sp³-hybridized carbons (Fsp3) is 0.714. The molecule has 120 valence electrons. The van der Waals surface area contributed by atoms with Gasteiger partial charge in [0, 0.05) is 29.5 Å². The molecule has 2 nitrogen and oxygen atoms in total. The zero-order valence-corrected chi connectivity index (χ0v) is 13.5. The van der Waals surface area contributed by atoms with Gasteiger partial charge >= 0.3 is 6.18 Å². The molecule has 0 saturated carbocycles. The van der Waals surface area contributed by atoms with Crippen molar-refractivity contribution in [1.82, 2.24) is 10.2 Å². The first-order chi connectivity index (χ1) is 9.41. The molecule has 0 aliphatic carbocycles. The predicted octanol–water partition coefficient (Wildman–Crippen LogP) is 3.90. The lowest BCUT2D eigenvalue weighted by Crippen LogP contribution is -2.46. The van der Waals surface area contributed by atoms with E-state index in [1.165, 1.54) is 18.9 Å². The van der Waals surface area contributed by atoms with Crippen LogP contribution in [0.1, 0.15) is 35.4 Å². The average Bonchev–Trinajstić information content (AvgIpc) is 2.96. The van der Waals surface area contributed by atoms with Gasteiger partial charge in [0.2, 0.25) is 0 Å². The smallest absolute Gasteiger partial charge is 0.311 e. The Labute approximate surface area is 133 Å². The summed E-state index contributed by atoms with van der Waals surface area (Å²) in [4.78, 5) is 2.52. The summed E-state index contributed by atoms with van der Waals surface area (Å²) < 4.78 is 37.8. The molecule has 2 bridgehead atoms. The lowest BCUT2D eigenvalue weighted by Gasteiger charge is -2.35. The SMILES string of the molecule is CN(Cc1ccc(C(F)(F)F)s1)C1CC2CCC(C1)N2.Cl. The van der Waals surface area contributed by atoms with Crippen LogP contribution >= 0.6 is 23.7 Å². The van der Waals surface area contributed by atoms with E-state index in [1.807, 2.05) is 7.05 Å². The fourth-order valence-electron chi connectivity index (χ4n) is 3.38. The number of halogens is 4. The highest BCUT2D eigenvalue weighted by atomic mass is 35.5. The lowest BCUT2D eigenvalue weighted by atomic mass is 9.98. The number of nitrogens with zero attached hydrogens (tertiary/aromatic N) is 1. The summed E-state index contributed by atoms with van der Waals surface area (Å²) in [6, 6.07) is 4.51. The van der Waals surface area contributed by atoms with Gasteiger partial charge in [-0.25, -0.2) is 0 Å². The highest BCUT2D eigenvalue weighted by Gasteiger charge is 2.36. The summed E-state index contributed by atoms with van der Waals surface area (Å²) in [7, 11) is 2.03. The van der Waals surface area contributed by atoms with Crippen molar-refractivity contribution in [3.05, 3.63) is 21.9 Å². The number of thiophene rings is 1. The van der Waals surface area contributed by atoms with Crippen molar-refractivity contribution in [2.75, 3.05) is 7.05 Å². The lowest BCUT2D eigenvalue weighted by molar-refractivity contribution is -0.134. The predicted molar refractivity (Wildman–Crippen MR) is 81.0 cm³/mol. The van der Waals surface area contributed by atoms with Crippen molar-refractivity contribution in [3.63, 3.8) is 0 Å². The minimum atomic E-state index is -4.21. The molecule has 2 aliphatic heterocycles. The molecule has 1 aromatic heterocycles. The summed E-state index contributed by atoms with van der Waals surface area (Å²) >= 11 is 0.867. The molecule has 2 saturated heterocycles. The zero-order chi connectivity index (χ0) is 14.3. The van der Waals surface area contributed by atoms with Crippen molar-refractivity contribution in [3.8, 4) is 0 Å².